The van der Waals surface area contributed by atoms with Gasteiger partial charge in [-0.15, -0.1) is 22.7 Å². The molecule has 2 nitrogen and oxygen atoms in total. The van der Waals surface area contributed by atoms with Gasteiger partial charge >= 0.3 is 5.97 Å². The van der Waals surface area contributed by atoms with Crippen LogP contribution in [-0.2, 0) is 22.4 Å². The Balaban J connectivity index is 1.10. The molecular weight excluding hydrogens is 577 g/mol. The fourth-order valence-electron chi connectivity index (χ4n) is 5.44. The molecule has 2 heterocycles. The van der Waals surface area contributed by atoms with Crippen LogP contribution in [0, 0.1) is 0 Å². The van der Waals surface area contributed by atoms with Gasteiger partial charge < -0.3 is 4.74 Å². The van der Waals surface area contributed by atoms with Crippen molar-refractivity contribution in [2.24, 2.45) is 0 Å². The van der Waals surface area contributed by atoms with Crippen LogP contribution < -0.4 is 0 Å². The number of thiophene rings is 2. The van der Waals surface area contributed by atoms with E-state index in [1.165, 1.54) is 119 Å². The fourth-order valence-corrected chi connectivity index (χ4v) is 7.55. The van der Waals surface area contributed by atoms with Gasteiger partial charge in [0.1, 0.15) is 0 Å². The Morgan fingerprint density at radius 3 is 1.43 bits per heavy atom. The lowest BCUT2D eigenvalue weighted by Crippen LogP contribution is -2.05. The van der Waals surface area contributed by atoms with Crippen molar-refractivity contribution in [1.82, 2.24) is 0 Å². The maximum atomic E-state index is 11.3. The molecule has 234 valence electrons. The monoisotopic (exact) mass is 626 g/mol. The zero-order chi connectivity index (χ0) is 31.0. The van der Waals surface area contributed by atoms with Crippen molar-refractivity contribution in [2.75, 3.05) is 6.61 Å². The highest BCUT2D eigenvalue weighted by molar-refractivity contribution is 7.25. The predicted octanol–water partition coefficient (Wildman–Crippen LogP) is 12.7. The van der Waals surface area contributed by atoms with E-state index in [4.69, 9.17) is 4.74 Å². The molecule has 0 bridgehead atoms. The Bertz CT molecular complexity index is 1410. The van der Waals surface area contributed by atoms with Crippen LogP contribution in [-0.4, -0.2) is 12.6 Å². The average Bonchev–Trinajstić information content (AvgIpc) is 3.73. The summed E-state index contributed by atoms with van der Waals surface area (Å²) in [5.74, 6) is -0.266. The van der Waals surface area contributed by atoms with Gasteiger partial charge in [0.15, 0.2) is 0 Å². The molecule has 0 aliphatic rings. The smallest absolute Gasteiger partial charge is 0.333 e. The second-order valence-corrected chi connectivity index (χ2v) is 14.2. The van der Waals surface area contributed by atoms with E-state index in [0.717, 1.165) is 12.8 Å². The third-order valence-corrected chi connectivity index (χ3v) is 10.7. The number of hydrogen-bond acceptors (Lipinski definition) is 4. The summed E-state index contributed by atoms with van der Waals surface area (Å²) in [4.78, 5) is 16.7. The van der Waals surface area contributed by atoms with Gasteiger partial charge in [0.25, 0.3) is 0 Å². The number of aryl methyl sites for hydroxylation is 2. The van der Waals surface area contributed by atoms with Gasteiger partial charge in [0, 0.05) is 25.1 Å². The van der Waals surface area contributed by atoms with Crippen LogP contribution >= 0.6 is 22.7 Å². The SMILES string of the molecule is C=C(C)C(=O)OCCCCCCCCCCCCc1ccc(-c2ccc(-c3ccc(-c4ccc(CCCC)cc4)s3)s2)cc1. The number of ether oxygens (including phenoxy) is 1. The van der Waals surface area contributed by atoms with Gasteiger partial charge in [-0.05, 0) is 85.5 Å². The third kappa shape index (κ3) is 11.2. The number of carbonyl (C=O) groups is 1. The molecule has 0 radical (unpaired) electrons. The fraction of sp³-hybridized carbons (Fsp3) is 0.425. The standard InChI is InChI=1S/C40H50O2S2/c1-4-5-16-32-18-22-34(23-19-32)36-26-28-38(43-36)39-29-27-37(44-39)35-24-20-33(21-25-35)17-14-12-10-8-6-7-9-11-13-15-30-42-40(41)31(2)3/h18-29H,2,4-17,30H2,1,3H3. The van der Waals surface area contributed by atoms with Crippen LogP contribution in [0.2, 0.25) is 0 Å². The number of unbranched alkanes of at least 4 members (excludes halogenated alkanes) is 10. The molecule has 0 saturated heterocycles. The van der Waals surface area contributed by atoms with Crippen molar-refractivity contribution in [3.8, 4) is 30.6 Å². The van der Waals surface area contributed by atoms with Crippen molar-refractivity contribution in [3.63, 3.8) is 0 Å². The van der Waals surface area contributed by atoms with Crippen LogP contribution in [0.3, 0.4) is 0 Å². The van der Waals surface area contributed by atoms with Crippen molar-refractivity contribution >= 4 is 28.6 Å². The van der Waals surface area contributed by atoms with E-state index in [9.17, 15) is 4.79 Å². The van der Waals surface area contributed by atoms with Gasteiger partial charge in [-0.2, -0.15) is 0 Å². The zero-order valence-corrected chi connectivity index (χ0v) is 28.5. The molecule has 0 spiro atoms. The van der Waals surface area contributed by atoms with Crippen LogP contribution in [0.1, 0.15) is 102 Å². The molecule has 0 aliphatic heterocycles. The van der Waals surface area contributed by atoms with Crippen LogP contribution in [0.4, 0.5) is 0 Å². The summed E-state index contributed by atoms with van der Waals surface area (Å²) in [6.45, 7) is 8.07. The molecule has 44 heavy (non-hydrogen) atoms. The molecule has 4 rings (SSSR count). The van der Waals surface area contributed by atoms with Crippen molar-refractivity contribution in [1.29, 1.82) is 0 Å². The lowest BCUT2D eigenvalue weighted by atomic mass is 10.0. The minimum absolute atomic E-state index is 0.266. The van der Waals surface area contributed by atoms with E-state index in [1.54, 1.807) is 6.92 Å². The number of hydrogen-bond donors (Lipinski definition) is 0. The second-order valence-electron chi connectivity index (χ2n) is 12.0. The van der Waals surface area contributed by atoms with Gasteiger partial charge in [-0.25, -0.2) is 4.79 Å². The summed E-state index contributed by atoms with van der Waals surface area (Å²) in [6.07, 6.45) is 17.4. The molecule has 0 amide bonds. The molecule has 2 aromatic carbocycles. The van der Waals surface area contributed by atoms with Crippen LogP contribution in [0.5, 0.6) is 0 Å². The topological polar surface area (TPSA) is 26.3 Å². The molecule has 0 saturated carbocycles. The van der Waals surface area contributed by atoms with Crippen LogP contribution in [0.15, 0.2) is 84.9 Å². The Hall–Kier alpha value is -2.95. The number of carbonyl (C=O) groups excluding carboxylic acids is 1. The van der Waals surface area contributed by atoms with E-state index in [1.807, 2.05) is 22.7 Å². The highest BCUT2D eigenvalue weighted by Crippen LogP contribution is 2.40. The van der Waals surface area contributed by atoms with E-state index in [0.29, 0.717) is 12.2 Å². The molecule has 4 heteroatoms. The van der Waals surface area contributed by atoms with Crippen LogP contribution in [0.25, 0.3) is 30.6 Å². The maximum Gasteiger partial charge on any atom is 0.333 e. The van der Waals surface area contributed by atoms with Crippen molar-refractivity contribution in [3.05, 3.63) is 96.1 Å². The number of rotatable bonds is 20. The summed E-state index contributed by atoms with van der Waals surface area (Å²) in [5, 5.41) is 0. The average molecular weight is 627 g/mol. The molecule has 0 atom stereocenters. The third-order valence-electron chi connectivity index (χ3n) is 8.19. The zero-order valence-electron chi connectivity index (χ0n) is 26.9. The Kier molecular flexibility index (Phi) is 14.5. The Labute approximate surface area is 274 Å². The van der Waals surface area contributed by atoms with Gasteiger partial charge in [0.2, 0.25) is 0 Å². The minimum Gasteiger partial charge on any atom is -0.462 e. The normalized spacial score (nSPS) is 11.1. The first-order valence-corrected chi connectivity index (χ1v) is 18.4. The summed E-state index contributed by atoms with van der Waals surface area (Å²) >= 11 is 3.79. The first-order chi connectivity index (χ1) is 21.5. The highest BCUT2D eigenvalue weighted by Gasteiger charge is 2.10. The summed E-state index contributed by atoms with van der Waals surface area (Å²) < 4.78 is 5.14. The summed E-state index contributed by atoms with van der Waals surface area (Å²) in [6, 6.07) is 27.5. The van der Waals surface area contributed by atoms with E-state index < -0.39 is 0 Å². The Morgan fingerprint density at radius 2 is 0.977 bits per heavy atom. The molecule has 2 aromatic heterocycles. The molecular formula is C40H50O2S2. The summed E-state index contributed by atoms with van der Waals surface area (Å²) in [5.41, 5.74) is 6.00. The van der Waals surface area contributed by atoms with Gasteiger partial charge in [-0.3, -0.25) is 0 Å². The number of benzene rings is 2. The van der Waals surface area contributed by atoms with E-state index in [-0.39, 0.29) is 5.97 Å². The highest BCUT2D eigenvalue weighted by atomic mass is 32.1. The molecule has 4 aromatic rings. The lowest BCUT2D eigenvalue weighted by molar-refractivity contribution is -0.139. The molecule has 0 fully saturated rings. The first kappa shape index (κ1) is 33.9. The summed E-state index contributed by atoms with van der Waals surface area (Å²) in [7, 11) is 0. The molecule has 0 N–H and O–H groups in total. The maximum absolute atomic E-state index is 11.3. The van der Waals surface area contributed by atoms with E-state index >= 15 is 0 Å². The van der Waals surface area contributed by atoms with Gasteiger partial charge in [0.05, 0.1) is 6.61 Å². The number of esters is 1. The molecule has 0 aliphatic carbocycles. The molecule has 0 unspecified atom stereocenters. The Morgan fingerprint density at radius 1 is 0.568 bits per heavy atom. The lowest BCUT2D eigenvalue weighted by Gasteiger charge is -2.05. The first-order valence-electron chi connectivity index (χ1n) is 16.7. The van der Waals surface area contributed by atoms with Crippen molar-refractivity contribution in [2.45, 2.75) is 104 Å². The van der Waals surface area contributed by atoms with Gasteiger partial charge in [-0.1, -0.05) is 120 Å². The predicted molar refractivity (Wildman–Crippen MR) is 193 cm³/mol. The quantitative estimate of drug-likeness (QED) is 0.0554. The minimum atomic E-state index is -0.266. The second kappa shape index (κ2) is 18.8. The van der Waals surface area contributed by atoms with Crippen molar-refractivity contribution < 1.29 is 9.53 Å². The van der Waals surface area contributed by atoms with E-state index in [2.05, 4.69) is 86.3 Å². The largest absolute Gasteiger partial charge is 0.462 e.